The smallest absolute Gasteiger partial charge is 0.119 e. The number of ether oxygens (including phenoxy) is 2. The first kappa shape index (κ1) is 46.1. The Hall–Kier alpha value is -5.74. The van der Waals surface area contributed by atoms with Crippen molar-refractivity contribution in [3.63, 3.8) is 0 Å². The highest BCUT2D eigenvalue weighted by Gasteiger charge is 2.53. The molecule has 0 N–H and O–H groups in total. The summed E-state index contributed by atoms with van der Waals surface area (Å²) in [5.74, 6) is 7.00. The van der Waals surface area contributed by atoms with Crippen LogP contribution < -0.4 is 19.3 Å². The van der Waals surface area contributed by atoms with Crippen molar-refractivity contribution >= 4 is 55.7 Å². The quantitative estimate of drug-likeness (QED) is 0.0547. The van der Waals surface area contributed by atoms with Crippen LogP contribution >= 0.6 is 0 Å². The first-order valence-electron chi connectivity index (χ1n) is 28.5. The Morgan fingerprint density at radius 2 is 0.694 bits per heavy atom. The zero-order chi connectivity index (χ0) is 48.6. The summed E-state index contributed by atoms with van der Waals surface area (Å²) in [6, 6.07) is 52.4. The van der Waals surface area contributed by atoms with Crippen molar-refractivity contribution in [2.24, 2.45) is 35.5 Å². The fourth-order valence-electron chi connectivity index (χ4n) is 16.5. The molecule has 0 heterocycles. The van der Waals surface area contributed by atoms with Gasteiger partial charge in [0.05, 0.1) is 24.6 Å². The molecular formula is C68H76N2O2. The number of unbranched alkanes of at least 4 members (excludes halogenated alkanes) is 2. The number of hydrogen-bond acceptors (Lipinski definition) is 4. The van der Waals surface area contributed by atoms with E-state index in [1.54, 1.807) is 11.1 Å². The maximum atomic E-state index is 6.33. The lowest BCUT2D eigenvalue weighted by molar-refractivity contribution is -0.00525. The first-order valence-corrected chi connectivity index (χ1v) is 28.5. The van der Waals surface area contributed by atoms with Crippen molar-refractivity contribution in [2.75, 3.05) is 23.0 Å². The Morgan fingerprint density at radius 1 is 0.389 bits per heavy atom. The Labute approximate surface area is 430 Å². The number of hydrogen-bond donors (Lipinski definition) is 0. The van der Waals surface area contributed by atoms with Crippen LogP contribution in [0.25, 0.3) is 21.5 Å². The number of nitrogens with zero attached hydrogens (tertiary/aromatic N) is 2. The highest BCUT2D eigenvalue weighted by molar-refractivity contribution is 6.23. The van der Waals surface area contributed by atoms with Crippen molar-refractivity contribution in [1.82, 2.24) is 0 Å². The Balaban J connectivity index is 1.11. The molecule has 7 aromatic rings. The molecule has 0 saturated heterocycles. The van der Waals surface area contributed by atoms with Crippen LogP contribution in [0.15, 0.2) is 133 Å². The number of rotatable bonds is 16. The van der Waals surface area contributed by atoms with Gasteiger partial charge in [0.15, 0.2) is 0 Å². The zero-order valence-electron chi connectivity index (χ0n) is 43.6. The van der Waals surface area contributed by atoms with Crippen molar-refractivity contribution in [1.29, 1.82) is 0 Å². The standard InChI is InChI=1S/C68H76N2O2/c1-5-7-29-71-59-23-19-57(20-24-59)69(55-15-9-45(3)10-16-55)65-61-27-13-54(68-42-50-34-51(43-68)36-52(35-50)44-68)38-64(61)66(62-28-14-53(37-63(62)65)67-39-47-31-48(40-67)33-49(32-47)41-67)70(56-17-11-46(4)12-18-56)58-21-25-60(26-22-58)72-30-8-6-2/h9-28,37-38,47-52H,5-8,29-36,39-44H2,1-4H3. The SMILES string of the molecule is CCCCOc1ccc(N(c2ccc(C)cc2)c2c3ccc(C45CC6CC(CC(C6)C4)C5)cc3c(N(c3ccc(C)cc3)c3ccc(OCCCC)cc3)c3ccc(C45CC6CC(CC(C6)C4)C5)cc23)cc1. The zero-order valence-corrected chi connectivity index (χ0v) is 43.6. The van der Waals surface area contributed by atoms with Gasteiger partial charge in [-0.1, -0.05) is 86.3 Å². The van der Waals surface area contributed by atoms with E-state index in [1.165, 1.54) is 132 Å². The van der Waals surface area contributed by atoms with E-state index in [1.807, 2.05) is 0 Å². The van der Waals surface area contributed by atoms with Gasteiger partial charge in [-0.05, 0) is 246 Å². The fourth-order valence-corrected chi connectivity index (χ4v) is 16.5. The van der Waals surface area contributed by atoms with Gasteiger partial charge in [-0.25, -0.2) is 0 Å². The van der Waals surface area contributed by atoms with Gasteiger partial charge in [-0.15, -0.1) is 0 Å². The summed E-state index contributed by atoms with van der Waals surface area (Å²) in [6.45, 7) is 10.4. The molecule has 72 heavy (non-hydrogen) atoms. The predicted octanol–water partition coefficient (Wildman–Crippen LogP) is 18.8. The topological polar surface area (TPSA) is 24.9 Å². The molecule has 7 aromatic carbocycles. The normalized spacial score (nSPS) is 26.7. The average molecular weight is 953 g/mol. The number of aryl methyl sites for hydroxylation is 2. The van der Waals surface area contributed by atoms with E-state index in [9.17, 15) is 0 Å². The molecule has 8 aliphatic carbocycles. The third kappa shape index (κ3) is 8.28. The van der Waals surface area contributed by atoms with Crippen LogP contribution in [0.4, 0.5) is 34.1 Å². The van der Waals surface area contributed by atoms with Crippen LogP contribution in [-0.2, 0) is 10.8 Å². The summed E-state index contributed by atoms with van der Waals surface area (Å²) in [7, 11) is 0. The number of benzene rings is 7. The van der Waals surface area contributed by atoms with Gasteiger partial charge in [-0.2, -0.15) is 0 Å². The fraction of sp³-hybridized carbons (Fsp3) is 0.441. The molecule has 0 spiro atoms. The predicted molar refractivity (Wildman–Crippen MR) is 301 cm³/mol. The van der Waals surface area contributed by atoms with Crippen molar-refractivity contribution in [3.05, 3.63) is 156 Å². The van der Waals surface area contributed by atoms with Crippen LogP contribution in [0.2, 0.25) is 0 Å². The minimum absolute atomic E-state index is 0.230. The minimum atomic E-state index is 0.230. The largest absolute Gasteiger partial charge is 0.494 e. The van der Waals surface area contributed by atoms with E-state index >= 15 is 0 Å². The van der Waals surface area contributed by atoms with Crippen LogP contribution in [0.3, 0.4) is 0 Å². The lowest BCUT2D eigenvalue weighted by atomic mass is 9.48. The summed E-state index contributed by atoms with van der Waals surface area (Å²) in [5.41, 5.74) is 13.3. The molecule has 370 valence electrons. The van der Waals surface area contributed by atoms with Gasteiger partial charge < -0.3 is 19.3 Å². The summed E-state index contributed by atoms with van der Waals surface area (Å²) >= 11 is 0. The van der Waals surface area contributed by atoms with Gasteiger partial charge in [-0.3, -0.25) is 0 Å². The molecule has 0 atom stereocenters. The Kier molecular flexibility index (Phi) is 11.9. The highest BCUT2D eigenvalue weighted by Crippen LogP contribution is 2.64. The third-order valence-electron chi connectivity index (χ3n) is 19.1. The highest BCUT2D eigenvalue weighted by atomic mass is 16.5. The maximum absolute atomic E-state index is 6.33. The van der Waals surface area contributed by atoms with Crippen LogP contribution in [0.5, 0.6) is 11.5 Å². The van der Waals surface area contributed by atoms with E-state index < -0.39 is 0 Å². The molecule has 8 aliphatic rings. The average Bonchev–Trinajstić information content (AvgIpc) is 3.38. The molecular weight excluding hydrogens is 877 g/mol. The van der Waals surface area contributed by atoms with Crippen LogP contribution in [0, 0.1) is 49.4 Å². The second-order valence-corrected chi connectivity index (χ2v) is 24.3. The van der Waals surface area contributed by atoms with Crippen LogP contribution in [0.1, 0.15) is 139 Å². The monoisotopic (exact) mass is 953 g/mol. The van der Waals surface area contributed by atoms with Gasteiger partial charge in [0.2, 0.25) is 0 Å². The first-order chi connectivity index (χ1) is 35.2. The van der Waals surface area contributed by atoms with Crippen LogP contribution in [-0.4, -0.2) is 13.2 Å². The van der Waals surface area contributed by atoms with Crippen molar-refractivity contribution in [2.45, 2.75) is 141 Å². The van der Waals surface area contributed by atoms with E-state index in [4.69, 9.17) is 9.47 Å². The molecule has 0 aliphatic heterocycles. The van der Waals surface area contributed by atoms with E-state index in [0.717, 1.165) is 97.3 Å². The lowest BCUT2D eigenvalue weighted by Gasteiger charge is -2.57. The Bertz CT molecular complexity index is 2800. The van der Waals surface area contributed by atoms with Gasteiger partial charge in [0.1, 0.15) is 11.5 Å². The van der Waals surface area contributed by atoms with Gasteiger partial charge >= 0.3 is 0 Å². The summed E-state index contributed by atoms with van der Waals surface area (Å²) in [4.78, 5) is 5.21. The lowest BCUT2D eigenvalue weighted by Crippen LogP contribution is -2.48. The second-order valence-electron chi connectivity index (χ2n) is 24.3. The molecule has 8 saturated carbocycles. The van der Waals surface area contributed by atoms with Gasteiger partial charge in [0, 0.05) is 44.3 Å². The Morgan fingerprint density at radius 3 is 1.00 bits per heavy atom. The number of fused-ring (bicyclic) bond motifs is 2. The molecule has 4 heteroatoms. The molecule has 8 fully saturated rings. The molecule has 15 rings (SSSR count). The molecule has 0 unspecified atom stereocenters. The van der Waals surface area contributed by atoms with E-state index in [-0.39, 0.29) is 10.8 Å². The van der Waals surface area contributed by atoms with E-state index in [2.05, 4.69) is 171 Å². The van der Waals surface area contributed by atoms with Crippen molar-refractivity contribution in [3.8, 4) is 11.5 Å². The summed E-state index contributed by atoms with van der Waals surface area (Å²) in [6.07, 6.45) is 20.9. The minimum Gasteiger partial charge on any atom is -0.494 e. The van der Waals surface area contributed by atoms with Crippen molar-refractivity contribution < 1.29 is 9.47 Å². The molecule has 0 radical (unpaired) electrons. The summed E-state index contributed by atoms with van der Waals surface area (Å²) < 4.78 is 12.7. The third-order valence-corrected chi connectivity index (χ3v) is 19.1. The second kappa shape index (κ2) is 18.6. The maximum Gasteiger partial charge on any atom is 0.119 e. The molecule has 8 bridgehead atoms. The molecule has 0 amide bonds. The summed E-state index contributed by atoms with van der Waals surface area (Å²) in [5, 5.41) is 5.26. The number of anilines is 6. The molecule has 4 nitrogen and oxygen atoms in total. The van der Waals surface area contributed by atoms with E-state index in [0.29, 0.717) is 0 Å². The molecule has 0 aromatic heterocycles. The van der Waals surface area contributed by atoms with Gasteiger partial charge in [0.25, 0.3) is 0 Å².